The number of nitrogens with two attached hydrogens (primary N) is 1. The van der Waals surface area contributed by atoms with E-state index >= 15 is 0 Å². The van der Waals surface area contributed by atoms with E-state index in [9.17, 15) is 10.1 Å². The van der Waals surface area contributed by atoms with Gasteiger partial charge in [0, 0.05) is 12.7 Å². The van der Waals surface area contributed by atoms with Crippen molar-refractivity contribution in [3.05, 3.63) is 76.6 Å². The molecule has 8 heteroatoms. The van der Waals surface area contributed by atoms with Gasteiger partial charge in [-0.1, -0.05) is 18.2 Å². The molecule has 29 heavy (non-hydrogen) atoms. The number of fused-ring (bicyclic) bond motifs is 1. The van der Waals surface area contributed by atoms with Crippen LogP contribution in [0.4, 0.5) is 17.5 Å². The molecule has 0 fully saturated rings. The minimum absolute atomic E-state index is 0.0995. The number of benzene rings is 1. The van der Waals surface area contributed by atoms with E-state index in [1.807, 2.05) is 62.6 Å². The van der Waals surface area contributed by atoms with Crippen molar-refractivity contribution in [1.82, 2.24) is 18.9 Å². The summed E-state index contributed by atoms with van der Waals surface area (Å²) in [4.78, 5) is 23.5. The van der Waals surface area contributed by atoms with Crippen LogP contribution in [0.5, 0.6) is 0 Å². The number of anilines is 3. The van der Waals surface area contributed by atoms with E-state index < -0.39 is 0 Å². The van der Waals surface area contributed by atoms with Crippen LogP contribution in [0, 0.1) is 18.3 Å². The number of hydrogen-bond acceptors (Lipinski definition) is 6. The van der Waals surface area contributed by atoms with Crippen molar-refractivity contribution < 1.29 is 0 Å². The van der Waals surface area contributed by atoms with E-state index in [1.165, 1.54) is 6.33 Å². The molecule has 3 aromatic heterocycles. The molecule has 0 aliphatic heterocycles. The van der Waals surface area contributed by atoms with E-state index in [2.05, 4.69) is 16.0 Å². The van der Waals surface area contributed by atoms with Crippen LogP contribution in [0.3, 0.4) is 0 Å². The summed E-state index contributed by atoms with van der Waals surface area (Å²) in [5.41, 5.74) is 8.11. The van der Waals surface area contributed by atoms with Crippen LogP contribution in [0.1, 0.15) is 18.1 Å². The minimum atomic E-state index is -0.157. The Balaban J connectivity index is 2.09. The fourth-order valence-corrected chi connectivity index (χ4v) is 3.47. The van der Waals surface area contributed by atoms with Crippen LogP contribution >= 0.6 is 0 Å². The van der Waals surface area contributed by atoms with Crippen molar-refractivity contribution in [2.75, 3.05) is 17.2 Å². The molecule has 4 rings (SSSR count). The molecular weight excluding hydrogens is 366 g/mol. The van der Waals surface area contributed by atoms with Crippen LogP contribution in [-0.4, -0.2) is 25.5 Å². The molecule has 0 unspecified atom stereocenters. The van der Waals surface area contributed by atoms with Crippen molar-refractivity contribution in [3.63, 3.8) is 0 Å². The highest BCUT2D eigenvalue weighted by Crippen LogP contribution is 2.29. The number of nitriles is 1. The molecule has 4 aromatic rings. The quantitative estimate of drug-likeness (QED) is 0.579. The van der Waals surface area contributed by atoms with Gasteiger partial charge in [0.25, 0.3) is 5.56 Å². The third-order valence-corrected chi connectivity index (χ3v) is 4.84. The summed E-state index contributed by atoms with van der Waals surface area (Å²) in [6.07, 6.45) is 5.02. The van der Waals surface area contributed by atoms with E-state index in [4.69, 9.17) is 5.73 Å². The summed E-state index contributed by atoms with van der Waals surface area (Å²) in [6.45, 7) is 4.29. The maximum atomic E-state index is 13.5. The zero-order valence-corrected chi connectivity index (χ0v) is 16.1. The SMILES string of the molecule is CCN(c1ncnc(N)c1C#N)c1cn2ccc(C)c2c(=O)n1-c1ccccc1. The fourth-order valence-electron chi connectivity index (χ4n) is 3.47. The van der Waals surface area contributed by atoms with Gasteiger partial charge >= 0.3 is 0 Å². The monoisotopic (exact) mass is 385 g/mol. The molecule has 0 radical (unpaired) electrons. The fraction of sp³-hybridized carbons (Fsp3) is 0.143. The van der Waals surface area contributed by atoms with Crippen LogP contribution in [-0.2, 0) is 0 Å². The average Bonchev–Trinajstić information content (AvgIpc) is 3.10. The first-order valence-corrected chi connectivity index (χ1v) is 9.13. The number of hydrogen-bond donors (Lipinski definition) is 1. The first kappa shape index (κ1) is 18.3. The predicted molar refractivity (Wildman–Crippen MR) is 112 cm³/mol. The summed E-state index contributed by atoms with van der Waals surface area (Å²) in [7, 11) is 0. The van der Waals surface area contributed by atoms with Crippen molar-refractivity contribution in [2.24, 2.45) is 0 Å². The Labute approximate surface area is 167 Å². The molecular formula is C21H19N7O. The van der Waals surface area contributed by atoms with Crippen LogP contribution in [0.2, 0.25) is 0 Å². The van der Waals surface area contributed by atoms with Gasteiger partial charge < -0.3 is 15.0 Å². The van der Waals surface area contributed by atoms with E-state index in [0.29, 0.717) is 23.7 Å². The van der Waals surface area contributed by atoms with Gasteiger partial charge in [-0.05, 0) is 37.6 Å². The smallest absolute Gasteiger partial charge is 0.281 e. The molecule has 0 amide bonds. The first-order chi connectivity index (χ1) is 14.1. The Kier molecular flexibility index (Phi) is 4.49. The third-order valence-electron chi connectivity index (χ3n) is 4.84. The molecule has 144 valence electrons. The number of para-hydroxylation sites is 1. The molecule has 1 aromatic carbocycles. The number of aromatic nitrogens is 4. The van der Waals surface area contributed by atoms with Gasteiger partial charge in [0.2, 0.25) is 0 Å². The Morgan fingerprint density at radius 1 is 1.21 bits per heavy atom. The predicted octanol–water partition coefficient (Wildman–Crippen LogP) is 2.80. The summed E-state index contributed by atoms with van der Waals surface area (Å²) in [6, 6.07) is 13.4. The average molecular weight is 385 g/mol. The first-order valence-electron chi connectivity index (χ1n) is 9.13. The molecule has 0 aliphatic rings. The van der Waals surface area contributed by atoms with Crippen molar-refractivity contribution >= 4 is 23.0 Å². The number of nitrogens with zero attached hydrogens (tertiary/aromatic N) is 6. The molecule has 0 spiro atoms. The van der Waals surface area contributed by atoms with Crippen molar-refractivity contribution in [3.8, 4) is 11.8 Å². The summed E-state index contributed by atoms with van der Waals surface area (Å²) in [5, 5.41) is 9.60. The Morgan fingerprint density at radius 3 is 2.66 bits per heavy atom. The molecule has 0 atom stereocenters. The van der Waals surface area contributed by atoms with Gasteiger partial charge in [-0.2, -0.15) is 5.26 Å². The summed E-state index contributed by atoms with van der Waals surface area (Å²) >= 11 is 0. The minimum Gasteiger partial charge on any atom is -0.382 e. The maximum absolute atomic E-state index is 13.5. The summed E-state index contributed by atoms with van der Waals surface area (Å²) in [5.74, 6) is 1.03. The second kappa shape index (κ2) is 7.13. The number of rotatable bonds is 4. The molecule has 0 aliphatic carbocycles. The lowest BCUT2D eigenvalue weighted by Crippen LogP contribution is -2.30. The second-order valence-corrected chi connectivity index (χ2v) is 6.53. The van der Waals surface area contributed by atoms with Gasteiger partial charge in [0.05, 0.1) is 11.9 Å². The molecule has 3 heterocycles. The van der Waals surface area contributed by atoms with Gasteiger partial charge in [-0.3, -0.25) is 9.36 Å². The van der Waals surface area contributed by atoms with E-state index in [1.54, 1.807) is 13.9 Å². The lowest BCUT2D eigenvalue weighted by atomic mass is 10.2. The van der Waals surface area contributed by atoms with Crippen LogP contribution in [0.15, 0.2) is 59.9 Å². The van der Waals surface area contributed by atoms with Crippen molar-refractivity contribution in [2.45, 2.75) is 13.8 Å². The third kappa shape index (κ3) is 2.89. The highest BCUT2D eigenvalue weighted by molar-refractivity contribution is 5.71. The van der Waals surface area contributed by atoms with Crippen LogP contribution in [0.25, 0.3) is 11.2 Å². The Bertz CT molecular complexity index is 1300. The molecule has 0 bridgehead atoms. The normalized spacial score (nSPS) is 10.8. The number of aryl methyl sites for hydroxylation is 1. The highest BCUT2D eigenvalue weighted by atomic mass is 16.1. The lowest BCUT2D eigenvalue weighted by molar-refractivity contribution is 0.868. The van der Waals surface area contributed by atoms with Gasteiger partial charge in [-0.25, -0.2) is 9.97 Å². The van der Waals surface area contributed by atoms with Crippen LogP contribution < -0.4 is 16.2 Å². The highest BCUT2D eigenvalue weighted by Gasteiger charge is 2.22. The van der Waals surface area contributed by atoms with E-state index in [0.717, 1.165) is 11.3 Å². The number of nitrogen functional groups attached to an aromatic ring is 1. The van der Waals surface area contributed by atoms with Gasteiger partial charge in [0.1, 0.15) is 35.1 Å². The molecule has 0 saturated carbocycles. The second-order valence-electron chi connectivity index (χ2n) is 6.53. The maximum Gasteiger partial charge on any atom is 0.281 e. The van der Waals surface area contributed by atoms with Crippen molar-refractivity contribution in [1.29, 1.82) is 5.26 Å². The standard InChI is InChI=1S/C21H19N7O/c1-3-27(20-16(11-22)19(23)24-13-25-20)17-12-26-10-9-14(2)18(26)21(29)28(17)15-7-5-4-6-8-15/h4-10,12-13H,3H2,1-2H3,(H2,23,24,25). The Morgan fingerprint density at radius 2 is 1.97 bits per heavy atom. The summed E-state index contributed by atoms with van der Waals surface area (Å²) < 4.78 is 3.43. The largest absolute Gasteiger partial charge is 0.382 e. The zero-order chi connectivity index (χ0) is 20.5. The molecule has 2 N–H and O–H groups in total. The van der Waals surface area contributed by atoms with E-state index in [-0.39, 0.29) is 16.9 Å². The van der Waals surface area contributed by atoms with Gasteiger partial charge in [-0.15, -0.1) is 0 Å². The zero-order valence-electron chi connectivity index (χ0n) is 16.1. The molecule has 0 saturated heterocycles. The molecule has 8 nitrogen and oxygen atoms in total. The lowest BCUT2D eigenvalue weighted by Gasteiger charge is -2.26. The topological polar surface area (TPSA) is 105 Å². The Hall–Kier alpha value is -4.12. The van der Waals surface area contributed by atoms with Gasteiger partial charge in [0.15, 0.2) is 5.82 Å².